The number of carbonyl (C=O) groups is 2. The maximum Gasteiger partial charge on any atom is 0.267 e. The summed E-state index contributed by atoms with van der Waals surface area (Å²) in [5.41, 5.74) is 0.277. The molecule has 2 heterocycles. The molecule has 1 aromatic heterocycles. The van der Waals surface area contributed by atoms with E-state index < -0.39 is 0 Å². The average molecular weight is 220 g/mol. The zero-order valence-corrected chi connectivity index (χ0v) is 8.82. The van der Waals surface area contributed by atoms with Crippen molar-refractivity contribution in [2.75, 3.05) is 6.54 Å². The Morgan fingerprint density at radius 3 is 3.06 bits per heavy atom. The Labute approximate surface area is 92.5 Å². The van der Waals surface area contributed by atoms with Gasteiger partial charge in [0, 0.05) is 18.7 Å². The summed E-state index contributed by atoms with van der Waals surface area (Å²) in [7, 11) is 0. The first-order chi connectivity index (χ1) is 7.66. The second kappa shape index (κ2) is 4.22. The van der Waals surface area contributed by atoms with Gasteiger partial charge in [-0.15, -0.1) is 0 Å². The number of ketones is 1. The zero-order valence-electron chi connectivity index (χ0n) is 8.82. The highest BCUT2D eigenvalue weighted by Crippen LogP contribution is 2.05. The Morgan fingerprint density at radius 2 is 2.44 bits per heavy atom. The van der Waals surface area contributed by atoms with Crippen molar-refractivity contribution in [2.45, 2.75) is 13.0 Å². The van der Waals surface area contributed by atoms with E-state index in [4.69, 9.17) is 4.42 Å². The van der Waals surface area contributed by atoms with Crippen molar-refractivity contribution in [1.82, 2.24) is 10.6 Å². The molecular formula is C11H12N2O3. The molecule has 1 saturated heterocycles. The highest BCUT2D eigenvalue weighted by Gasteiger charge is 2.20. The van der Waals surface area contributed by atoms with Crippen LogP contribution < -0.4 is 10.6 Å². The molecule has 1 fully saturated rings. The third kappa shape index (κ3) is 2.13. The maximum absolute atomic E-state index is 11.6. The minimum absolute atomic E-state index is 0.0726. The number of rotatable bonds is 2. The summed E-state index contributed by atoms with van der Waals surface area (Å²) in [5, 5.41) is 5.63. The molecule has 16 heavy (non-hydrogen) atoms. The molecule has 5 nitrogen and oxygen atoms in total. The molecule has 0 aliphatic carbocycles. The molecule has 5 heteroatoms. The SMILES string of the molecule is CC1CN/C(=C\C(=O)c2ccco2)C(=O)N1. The number of allylic oxidation sites excluding steroid dienone is 1. The van der Waals surface area contributed by atoms with E-state index in [9.17, 15) is 9.59 Å². The van der Waals surface area contributed by atoms with E-state index in [-0.39, 0.29) is 29.2 Å². The molecule has 0 bridgehead atoms. The predicted octanol–water partition coefficient (Wildman–Crippen LogP) is 0.454. The van der Waals surface area contributed by atoms with E-state index in [0.29, 0.717) is 6.54 Å². The number of amides is 1. The average Bonchev–Trinajstić information content (AvgIpc) is 2.75. The van der Waals surface area contributed by atoms with Gasteiger partial charge < -0.3 is 15.1 Å². The molecular weight excluding hydrogens is 208 g/mol. The van der Waals surface area contributed by atoms with Gasteiger partial charge in [0.05, 0.1) is 6.26 Å². The number of nitrogens with one attached hydrogen (secondary N) is 2. The van der Waals surface area contributed by atoms with Crippen LogP contribution in [-0.2, 0) is 4.79 Å². The summed E-state index contributed by atoms with van der Waals surface area (Å²) in [4.78, 5) is 23.1. The molecule has 1 amide bonds. The smallest absolute Gasteiger partial charge is 0.267 e. The lowest BCUT2D eigenvalue weighted by Crippen LogP contribution is -2.49. The molecule has 1 aliphatic heterocycles. The Bertz CT molecular complexity index is 434. The fourth-order valence-electron chi connectivity index (χ4n) is 1.43. The first-order valence-electron chi connectivity index (χ1n) is 5.01. The summed E-state index contributed by atoms with van der Waals surface area (Å²) >= 11 is 0. The van der Waals surface area contributed by atoms with Gasteiger partial charge in [0.1, 0.15) is 5.70 Å². The van der Waals surface area contributed by atoms with E-state index >= 15 is 0 Å². The summed E-state index contributed by atoms with van der Waals surface area (Å²) in [6.07, 6.45) is 2.67. The van der Waals surface area contributed by atoms with Gasteiger partial charge in [-0.1, -0.05) is 0 Å². The van der Waals surface area contributed by atoms with E-state index in [0.717, 1.165) is 0 Å². The highest BCUT2D eigenvalue weighted by molar-refractivity contribution is 6.08. The van der Waals surface area contributed by atoms with Crippen molar-refractivity contribution in [3.05, 3.63) is 35.9 Å². The lowest BCUT2D eigenvalue weighted by Gasteiger charge is -2.23. The monoisotopic (exact) mass is 220 g/mol. The van der Waals surface area contributed by atoms with Gasteiger partial charge in [0.25, 0.3) is 5.91 Å². The Balaban J connectivity index is 2.13. The largest absolute Gasteiger partial charge is 0.461 e. The normalized spacial score (nSPS) is 22.7. The van der Waals surface area contributed by atoms with Crippen molar-refractivity contribution in [2.24, 2.45) is 0 Å². The highest BCUT2D eigenvalue weighted by atomic mass is 16.3. The molecule has 1 unspecified atom stereocenters. The van der Waals surface area contributed by atoms with Crippen LogP contribution in [0.15, 0.2) is 34.6 Å². The van der Waals surface area contributed by atoms with Gasteiger partial charge in [-0.2, -0.15) is 0 Å². The third-order valence-corrected chi connectivity index (χ3v) is 2.26. The topological polar surface area (TPSA) is 71.3 Å². The van der Waals surface area contributed by atoms with Crippen molar-refractivity contribution in [3.63, 3.8) is 0 Å². The van der Waals surface area contributed by atoms with Crippen LogP contribution >= 0.6 is 0 Å². The molecule has 1 aliphatic rings. The molecule has 0 spiro atoms. The minimum Gasteiger partial charge on any atom is -0.461 e. The van der Waals surface area contributed by atoms with Gasteiger partial charge in [0.2, 0.25) is 5.78 Å². The van der Waals surface area contributed by atoms with Gasteiger partial charge in [-0.25, -0.2) is 0 Å². The lowest BCUT2D eigenvalue weighted by molar-refractivity contribution is -0.119. The van der Waals surface area contributed by atoms with Crippen LogP contribution in [0.2, 0.25) is 0 Å². The Morgan fingerprint density at radius 1 is 1.62 bits per heavy atom. The van der Waals surface area contributed by atoms with E-state index in [1.165, 1.54) is 12.3 Å². The van der Waals surface area contributed by atoms with Crippen molar-refractivity contribution < 1.29 is 14.0 Å². The van der Waals surface area contributed by atoms with Crippen molar-refractivity contribution in [1.29, 1.82) is 0 Å². The second-order valence-corrected chi connectivity index (χ2v) is 3.65. The summed E-state index contributed by atoms with van der Waals surface area (Å²) in [5.74, 6) is -0.364. The zero-order chi connectivity index (χ0) is 11.5. The van der Waals surface area contributed by atoms with E-state index in [2.05, 4.69) is 10.6 Å². The third-order valence-electron chi connectivity index (χ3n) is 2.26. The van der Waals surface area contributed by atoms with Crippen LogP contribution in [0, 0.1) is 0 Å². The first-order valence-corrected chi connectivity index (χ1v) is 5.01. The van der Waals surface area contributed by atoms with Crippen LogP contribution in [-0.4, -0.2) is 24.3 Å². The van der Waals surface area contributed by atoms with E-state index in [1.807, 2.05) is 6.92 Å². The van der Waals surface area contributed by atoms with Crippen LogP contribution in [0.25, 0.3) is 0 Å². The van der Waals surface area contributed by atoms with Crippen molar-refractivity contribution in [3.8, 4) is 0 Å². The van der Waals surface area contributed by atoms with Gasteiger partial charge in [0.15, 0.2) is 5.76 Å². The standard InChI is InChI=1S/C11H12N2O3/c1-7-6-12-8(11(15)13-7)5-9(14)10-3-2-4-16-10/h2-5,7,12H,6H2,1H3,(H,13,15)/b8-5-. The van der Waals surface area contributed by atoms with Crippen LogP contribution in [0.1, 0.15) is 17.5 Å². The van der Waals surface area contributed by atoms with Gasteiger partial charge >= 0.3 is 0 Å². The number of furan rings is 1. The molecule has 84 valence electrons. The van der Waals surface area contributed by atoms with Crippen LogP contribution in [0.4, 0.5) is 0 Å². The van der Waals surface area contributed by atoms with E-state index in [1.54, 1.807) is 12.1 Å². The molecule has 1 atom stereocenters. The number of hydrogen-bond donors (Lipinski definition) is 2. The second-order valence-electron chi connectivity index (χ2n) is 3.65. The quantitative estimate of drug-likeness (QED) is 0.561. The molecule has 0 saturated carbocycles. The Hall–Kier alpha value is -2.04. The van der Waals surface area contributed by atoms with Crippen LogP contribution in [0.3, 0.4) is 0 Å². The molecule has 2 N–H and O–H groups in total. The van der Waals surface area contributed by atoms with Gasteiger partial charge in [-0.3, -0.25) is 9.59 Å². The molecule has 1 aromatic rings. The first kappa shape index (κ1) is 10.5. The van der Waals surface area contributed by atoms with Gasteiger partial charge in [-0.05, 0) is 19.1 Å². The molecule has 2 rings (SSSR count). The minimum atomic E-state index is -0.322. The fourth-order valence-corrected chi connectivity index (χ4v) is 1.43. The molecule has 0 radical (unpaired) electrons. The lowest BCUT2D eigenvalue weighted by atomic mass is 10.2. The predicted molar refractivity (Wildman–Crippen MR) is 56.7 cm³/mol. The molecule has 0 aromatic carbocycles. The summed E-state index contributed by atoms with van der Waals surface area (Å²) in [6.45, 7) is 2.50. The fraction of sp³-hybridized carbons (Fsp3) is 0.273. The Kier molecular flexibility index (Phi) is 2.76. The summed E-state index contributed by atoms with van der Waals surface area (Å²) < 4.78 is 4.94. The maximum atomic E-state index is 11.6. The summed E-state index contributed by atoms with van der Waals surface area (Å²) in [6, 6.07) is 3.26. The van der Waals surface area contributed by atoms with Crippen molar-refractivity contribution >= 4 is 11.7 Å². The van der Waals surface area contributed by atoms with Crippen LogP contribution in [0.5, 0.6) is 0 Å². The number of carbonyl (C=O) groups excluding carboxylic acids is 2. The number of hydrogen-bond acceptors (Lipinski definition) is 4. The number of piperazine rings is 1.